The van der Waals surface area contributed by atoms with Crippen molar-refractivity contribution in [3.8, 4) is 22.1 Å². The van der Waals surface area contributed by atoms with Crippen LogP contribution in [0.5, 0.6) is 11.5 Å². The number of anilines is 2. The van der Waals surface area contributed by atoms with E-state index in [1.807, 2.05) is 55.5 Å². The smallest absolute Gasteiger partial charge is 0.275 e. The van der Waals surface area contributed by atoms with Crippen LogP contribution < -0.4 is 20.7 Å². The molecule has 5 rings (SSSR count). The fraction of sp³-hybridized carbons (Fsp3) is 0.259. The van der Waals surface area contributed by atoms with E-state index in [-0.39, 0.29) is 5.91 Å². The lowest BCUT2D eigenvalue weighted by atomic mass is 10.1. The van der Waals surface area contributed by atoms with E-state index >= 15 is 0 Å². The number of rotatable bonds is 8. The number of benzene rings is 2. The fourth-order valence-corrected chi connectivity index (χ4v) is 5.41. The average molecular weight is 501 g/mol. The van der Waals surface area contributed by atoms with Crippen LogP contribution in [-0.2, 0) is 0 Å². The summed E-state index contributed by atoms with van der Waals surface area (Å²) in [6.07, 6.45) is 6.29. The number of nitrogens with two attached hydrogens (primary N) is 1. The monoisotopic (exact) mass is 500 g/mol. The second kappa shape index (κ2) is 10.8. The van der Waals surface area contributed by atoms with Gasteiger partial charge in [0.25, 0.3) is 5.91 Å². The molecular weight excluding hydrogens is 472 g/mol. The van der Waals surface area contributed by atoms with Gasteiger partial charge in [0.1, 0.15) is 22.2 Å². The lowest BCUT2D eigenvalue weighted by molar-refractivity contribution is 0.102. The highest BCUT2D eigenvalue weighted by Gasteiger charge is 2.29. The number of carbonyl (C=O) groups is 1. The Morgan fingerprint density at radius 3 is 2.83 bits per heavy atom. The fourth-order valence-electron chi connectivity index (χ4n) is 4.62. The topological polar surface area (TPSA) is 106 Å². The van der Waals surface area contributed by atoms with Crippen LogP contribution in [-0.4, -0.2) is 40.2 Å². The Kier molecular flexibility index (Phi) is 7.20. The molecule has 1 fully saturated rings. The summed E-state index contributed by atoms with van der Waals surface area (Å²) in [4.78, 5) is 20.1. The van der Waals surface area contributed by atoms with Gasteiger partial charge in [-0.1, -0.05) is 18.2 Å². The first-order valence-electron chi connectivity index (χ1n) is 12.0. The zero-order chi connectivity index (χ0) is 24.9. The second-order valence-corrected chi connectivity index (χ2v) is 9.55. The standard InChI is InChI=1S/C27H28N6O2S/c1-18-24(35-21-7-3-2-4-8-21)10-9-22(25(18)33-15-5-6-20(33)11-13-28)31-26(34)23-17-36-27(32-23)19-12-14-29-30-16-19/h2-4,7-10,12,14,16-17,20H,5-6,11,13,15,28H2,1H3,(H,31,34)/t20-/m1/s1. The number of thiazole rings is 1. The highest BCUT2D eigenvalue weighted by atomic mass is 32.1. The van der Waals surface area contributed by atoms with Crippen molar-refractivity contribution in [1.29, 1.82) is 0 Å². The van der Waals surface area contributed by atoms with Gasteiger partial charge in [-0.05, 0) is 63.1 Å². The number of hydrogen-bond donors (Lipinski definition) is 2. The van der Waals surface area contributed by atoms with Gasteiger partial charge in [-0.3, -0.25) is 4.79 Å². The summed E-state index contributed by atoms with van der Waals surface area (Å²) in [5.41, 5.74) is 9.80. The largest absolute Gasteiger partial charge is 0.457 e. The Balaban J connectivity index is 1.46. The molecule has 1 aliphatic rings. The molecule has 36 heavy (non-hydrogen) atoms. The van der Waals surface area contributed by atoms with Crippen LogP contribution in [0.1, 0.15) is 35.3 Å². The van der Waals surface area contributed by atoms with Gasteiger partial charge in [0, 0.05) is 29.1 Å². The van der Waals surface area contributed by atoms with Crippen LogP contribution in [0, 0.1) is 6.92 Å². The summed E-state index contributed by atoms with van der Waals surface area (Å²) in [5, 5.41) is 13.3. The molecule has 3 heterocycles. The third-order valence-electron chi connectivity index (χ3n) is 6.33. The van der Waals surface area contributed by atoms with Gasteiger partial charge in [-0.15, -0.1) is 11.3 Å². The van der Waals surface area contributed by atoms with E-state index in [0.29, 0.717) is 18.3 Å². The number of carbonyl (C=O) groups excluding carboxylic acids is 1. The molecule has 9 heteroatoms. The van der Waals surface area contributed by atoms with Gasteiger partial charge in [0.2, 0.25) is 0 Å². The first kappa shape index (κ1) is 23.9. The van der Waals surface area contributed by atoms with E-state index in [9.17, 15) is 4.79 Å². The molecule has 0 radical (unpaired) electrons. The summed E-state index contributed by atoms with van der Waals surface area (Å²) in [7, 11) is 0. The van der Waals surface area contributed by atoms with Crippen molar-refractivity contribution in [3.63, 3.8) is 0 Å². The molecule has 1 aliphatic heterocycles. The molecule has 0 aliphatic carbocycles. The molecule has 1 saturated heterocycles. The maximum atomic E-state index is 13.3. The molecule has 1 atom stereocenters. The van der Waals surface area contributed by atoms with Crippen molar-refractivity contribution in [2.75, 3.05) is 23.3 Å². The predicted octanol–water partition coefficient (Wildman–Crippen LogP) is 5.27. The Morgan fingerprint density at radius 1 is 1.19 bits per heavy atom. The summed E-state index contributed by atoms with van der Waals surface area (Å²) in [6.45, 7) is 3.56. The molecule has 0 spiro atoms. The Labute approximate surface area is 214 Å². The summed E-state index contributed by atoms with van der Waals surface area (Å²) < 4.78 is 6.22. The average Bonchev–Trinajstić information content (AvgIpc) is 3.58. The van der Waals surface area contributed by atoms with Gasteiger partial charge in [-0.25, -0.2) is 4.98 Å². The molecule has 0 unspecified atom stereocenters. The maximum absolute atomic E-state index is 13.3. The Morgan fingerprint density at radius 2 is 2.06 bits per heavy atom. The summed E-state index contributed by atoms with van der Waals surface area (Å²) in [6, 6.07) is 15.7. The molecule has 2 aromatic heterocycles. The zero-order valence-electron chi connectivity index (χ0n) is 20.1. The maximum Gasteiger partial charge on any atom is 0.275 e. The SMILES string of the molecule is Cc1c(Oc2ccccc2)ccc(NC(=O)c2csc(-c3ccnnc3)n2)c1N1CCC[C@@H]1CCN. The molecule has 1 amide bonds. The first-order chi connectivity index (χ1) is 17.6. The number of amides is 1. The zero-order valence-corrected chi connectivity index (χ0v) is 20.9. The lowest BCUT2D eigenvalue weighted by Gasteiger charge is -2.31. The molecule has 2 aromatic carbocycles. The molecular formula is C27H28N6O2S. The third kappa shape index (κ3) is 5.07. The van der Waals surface area contributed by atoms with E-state index in [1.165, 1.54) is 11.3 Å². The third-order valence-corrected chi connectivity index (χ3v) is 7.22. The van der Waals surface area contributed by atoms with Crippen LogP contribution >= 0.6 is 11.3 Å². The van der Waals surface area contributed by atoms with E-state index in [0.717, 1.165) is 64.8 Å². The number of nitrogens with one attached hydrogen (secondary N) is 1. The number of nitrogens with zero attached hydrogens (tertiary/aromatic N) is 4. The van der Waals surface area contributed by atoms with Crippen LogP contribution in [0.4, 0.5) is 11.4 Å². The number of hydrogen-bond acceptors (Lipinski definition) is 8. The van der Waals surface area contributed by atoms with Crippen molar-refractivity contribution in [3.05, 3.63) is 77.6 Å². The van der Waals surface area contributed by atoms with Gasteiger partial charge in [0.15, 0.2) is 0 Å². The molecule has 0 bridgehead atoms. The van der Waals surface area contributed by atoms with Crippen LogP contribution in [0.15, 0.2) is 66.3 Å². The quantitative estimate of drug-likeness (QED) is 0.339. The van der Waals surface area contributed by atoms with Gasteiger partial charge < -0.3 is 20.7 Å². The second-order valence-electron chi connectivity index (χ2n) is 8.69. The minimum absolute atomic E-state index is 0.258. The highest BCUT2D eigenvalue weighted by Crippen LogP contribution is 2.41. The van der Waals surface area contributed by atoms with E-state index < -0.39 is 0 Å². The minimum Gasteiger partial charge on any atom is -0.457 e. The van der Waals surface area contributed by atoms with E-state index in [1.54, 1.807) is 17.8 Å². The number of para-hydroxylation sites is 1. The van der Waals surface area contributed by atoms with Crippen molar-refractivity contribution in [1.82, 2.24) is 15.2 Å². The van der Waals surface area contributed by atoms with Crippen molar-refractivity contribution < 1.29 is 9.53 Å². The Hall–Kier alpha value is -3.82. The van der Waals surface area contributed by atoms with Gasteiger partial charge >= 0.3 is 0 Å². The highest BCUT2D eigenvalue weighted by molar-refractivity contribution is 7.13. The number of ether oxygens (including phenoxy) is 1. The van der Waals surface area contributed by atoms with Crippen molar-refractivity contribution in [2.45, 2.75) is 32.2 Å². The Bertz CT molecular complexity index is 1330. The molecule has 3 N–H and O–H groups in total. The van der Waals surface area contributed by atoms with Crippen molar-refractivity contribution in [2.24, 2.45) is 5.73 Å². The van der Waals surface area contributed by atoms with Crippen LogP contribution in [0.2, 0.25) is 0 Å². The summed E-state index contributed by atoms with van der Waals surface area (Å²) >= 11 is 1.40. The lowest BCUT2D eigenvalue weighted by Crippen LogP contribution is -2.32. The van der Waals surface area contributed by atoms with Crippen LogP contribution in [0.25, 0.3) is 10.6 Å². The van der Waals surface area contributed by atoms with E-state index in [2.05, 4.69) is 25.4 Å². The first-order valence-corrected chi connectivity index (χ1v) is 12.9. The van der Waals surface area contributed by atoms with Crippen molar-refractivity contribution >= 4 is 28.6 Å². The van der Waals surface area contributed by atoms with Crippen LogP contribution in [0.3, 0.4) is 0 Å². The van der Waals surface area contributed by atoms with E-state index in [4.69, 9.17) is 10.5 Å². The van der Waals surface area contributed by atoms with Gasteiger partial charge in [0.05, 0.1) is 23.8 Å². The normalized spacial score (nSPS) is 15.2. The molecule has 8 nitrogen and oxygen atoms in total. The minimum atomic E-state index is -0.258. The molecule has 4 aromatic rings. The molecule has 184 valence electrons. The van der Waals surface area contributed by atoms with Gasteiger partial charge in [-0.2, -0.15) is 10.2 Å². The number of aromatic nitrogens is 3. The predicted molar refractivity (Wildman–Crippen MR) is 143 cm³/mol. The molecule has 0 saturated carbocycles. The summed E-state index contributed by atoms with van der Waals surface area (Å²) in [5.74, 6) is 1.27.